The fourth-order valence-electron chi connectivity index (χ4n) is 5.13. The number of aromatic nitrogens is 2. The van der Waals surface area contributed by atoms with E-state index >= 15 is 4.39 Å². The molecule has 3 N–H and O–H groups in total. The van der Waals surface area contributed by atoms with Crippen molar-refractivity contribution in [2.24, 2.45) is 11.1 Å². The van der Waals surface area contributed by atoms with E-state index in [1.165, 1.54) is 29.2 Å². The highest BCUT2D eigenvalue weighted by Gasteiger charge is 2.46. The van der Waals surface area contributed by atoms with Crippen LogP contribution >= 0.6 is 23.1 Å². The van der Waals surface area contributed by atoms with Crippen molar-refractivity contribution in [2.45, 2.75) is 43.9 Å². The van der Waals surface area contributed by atoms with Gasteiger partial charge in [0.25, 0.3) is 0 Å². The number of nitriles is 1. The summed E-state index contributed by atoms with van der Waals surface area (Å²) in [5.41, 5.74) is 9.19. The van der Waals surface area contributed by atoms with Crippen LogP contribution in [0.4, 0.5) is 15.2 Å². The maximum Gasteiger partial charge on any atom is 0.234 e. The number of hydrogen-bond donors (Lipinski definition) is 2. The summed E-state index contributed by atoms with van der Waals surface area (Å²) in [6, 6.07) is 15.8. The molecule has 5 rings (SSSR count). The van der Waals surface area contributed by atoms with Gasteiger partial charge in [0.15, 0.2) is 10.1 Å². The van der Waals surface area contributed by atoms with E-state index in [-0.39, 0.29) is 46.2 Å². The van der Waals surface area contributed by atoms with Crippen LogP contribution < -0.4 is 16.0 Å². The molecule has 1 aliphatic carbocycles. The number of Topliss-reactive ketones (excluding diaryl/α,β-unsaturated/α-hetero) is 1. The number of benzene rings is 2. The molecular weight excluding hydrogens is 547 g/mol. The first-order chi connectivity index (χ1) is 19.1. The highest BCUT2D eigenvalue weighted by molar-refractivity contribution is 8.01. The van der Waals surface area contributed by atoms with Gasteiger partial charge in [0.1, 0.15) is 11.6 Å². The van der Waals surface area contributed by atoms with Crippen LogP contribution in [0.15, 0.2) is 75.5 Å². The van der Waals surface area contributed by atoms with Crippen LogP contribution in [-0.4, -0.2) is 27.6 Å². The first-order valence-corrected chi connectivity index (χ1v) is 14.4. The summed E-state index contributed by atoms with van der Waals surface area (Å²) in [4.78, 5) is 27.7. The molecular formula is C29H27FN6O2S2. The van der Waals surface area contributed by atoms with E-state index in [1.807, 2.05) is 45.0 Å². The number of nitrogens with two attached hydrogens (primary N) is 1. The minimum Gasteiger partial charge on any atom is -0.384 e. The van der Waals surface area contributed by atoms with Crippen molar-refractivity contribution in [1.29, 1.82) is 5.26 Å². The zero-order valence-electron chi connectivity index (χ0n) is 22.2. The monoisotopic (exact) mass is 574 g/mol. The van der Waals surface area contributed by atoms with Crippen molar-refractivity contribution in [2.75, 3.05) is 16.0 Å². The Kier molecular flexibility index (Phi) is 7.49. The van der Waals surface area contributed by atoms with Crippen molar-refractivity contribution in [3.05, 3.63) is 88.1 Å². The second kappa shape index (κ2) is 10.9. The van der Waals surface area contributed by atoms with Crippen molar-refractivity contribution in [3.63, 3.8) is 0 Å². The molecule has 0 saturated heterocycles. The van der Waals surface area contributed by atoms with Crippen molar-refractivity contribution in [1.82, 2.24) is 10.2 Å². The molecule has 40 heavy (non-hydrogen) atoms. The zero-order chi connectivity index (χ0) is 28.6. The van der Waals surface area contributed by atoms with E-state index in [0.717, 1.165) is 11.3 Å². The maximum absolute atomic E-state index is 15.0. The number of rotatable bonds is 6. The van der Waals surface area contributed by atoms with Gasteiger partial charge in [-0.3, -0.25) is 14.5 Å². The minimum absolute atomic E-state index is 0.0823. The Bertz CT molecular complexity index is 1620. The first kappa shape index (κ1) is 27.6. The van der Waals surface area contributed by atoms with E-state index in [2.05, 4.69) is 21.6 Å². The number of para-hydroxylation sites is 1. The fourth-order valence-corrected chi connectivity index (χ4v) is 6.81. The molecule has 2 aliphatic rings. The number of nitrogens with one attached hydrogen (secondary N) is 1. The average Bonchev–Trinajstić information content (AvgIpc) is 3.36. The number of allylic oxidation sites excluding steroid dienone is 3. The molecule has 0 fully saturated rings. The van der Waals surface area contributed by atoms with Crippen molar-refractivity contribution < 1.29 is 14.0 Å². The lowest BCUT2D eigenvalue weighted by Crippen LogP contribution is -2.42. The second-order valence-electron chi connectivity index (χ2n) is 10.5. The van der Waals surface area contributed by atoms with Gasteiger partial charge in [0.05, 0.1) is 23.3 Å². The largest absolute Gasteiger partial charge is 0.384 e. The third-order valence-corrected chi connectivity index (χ3v) is 8.97. The van der Waals surface area contributed by atoms with Crippen LogP contribution in [0.2, 0.25) is 0 Å². The number of anilines is 2. The fraction of sp³-hybridized carbons (Fsp3) is 0.276. The number of amides is 1. The van der Waals surface area contributed by atoms with Gasteiger partial charge >= 0.3 is 0 Å². The van der Waals surface area contributed by atoms with Crippen molar-refractivity contribution >= 4 is 45.6 Å². The van der Waals surface area contributed by atoms with E-state index in [1.54, 1.807) is 23.1 Å². The third kappa shape index (κ3) is 5.24. The lowest BCUT2D eigenvalue weighted by Gasteiger charge is -2.42. The molecule has 0 spiro atoms. The van der Waals surface area contributed by atoms with Crippen LogP contribution in [0.1, 0.15) is 43.7 Å². The summed E-state index contributed by atoms with van der Waals surface area (Å²) in [7, 11) is 0. The van der Waals surface area contributed by atoms with Crippen molar-refractivity contribution in [3.8, 4) is 6.07 Å². The Hall–Kier alpha value is -4.01. The molecule has 2 heterocycles. The summed E-state index contributed by atoms with van der Waals surface area (Å²) in [6.45, 7) is 5.89. The standard InChI is InChI=1S/C29H27FN6O2S2/c1-16-8-4-7-11-20(16)33-23(38)15-39-28-35-34-27(40-28)36-21-12-29(2,3)13-22(37)25(21)24(18(14-31)26(36)32)17-9-5-6-10-19(17)30/h4-11,24H,12-13,15,32H2,1-3H3,(H,33,38). The molecule has 0 radical (unpaired) electrons. The highest BCUT2D eigenvalue weighted by atomic mass is 32.2. The molecule has 204 valence electrons. The Morgan fingerprint density at radius 2 is 1.95 bits per heavy atom. The van der Waals surface area contributed by atoms with E-state index < -0.39 is 11.7 Å². The number of carbonyl (C=O) groups is 2. The quantitative estimate of drug-likeness (QED) is 0.362. The Morgan fingerprint density at radius 1 is 1.23 bits per heavy atom. The van der Waals surface area contributed by atoms with E-state index in [9.17, 15) is 14.9 Å². The summed E-state index contributed by atoms with van der Waals surface area (Å²) in [5.74, 6) is -1.55. The topological polar surface area (TPSA) is 125 Å². The van der Waals surface area contributed by atoms with E-state index in [0.29, 0.717) is 27.2 Å². The Labute approximate surface area is 239 Å². The van der Waals surface area contributed by atoms with Crippen LogP contribution in [0.3, 0.4) is 0 Å². The molecule has 0 bridgehead atoms. The molecule has 1 atom stereocenters. The lowest BCUT2D eigenvalue weighted by molar-refractivity contribution is -0.118. The molecule has 0 saturated carbocycles. The molecule has 8 nitrogen and oxygen atoms in total. The average molecular weight is 575 g/mol. The second-order valence-corrected chi connectivity index (χ2v) is 12.7. The maximum atomic E-state index is 15.0. The predicted molar refractivity (Wildman–Crippen MR) is 154 cm³/mol. The number of thioether (sulfide) groups is 1. The number of hydrogen-bond acceptors (Lipinski definition) is 9. The molecule has 1 unspecified atom stereocenters. The lowest BCUT2D eigenvalue weighted by atomic mass is 9.68. The molecule has 3 aromatic rings. The number of aryl methyl sites for hydroxylation is 1. The SMILES string of the molecule is Cc1ccccc1NC(=O)CSc1nnc(N2C(N)=C(C#N)C(c3ccccc3F)C3=C2CC(C)(C)CC3=O)s1. The third-order valence-electron chi connectivity index (χ3n) is 6.93. The Morgan fingerprint density at radius 3 is 2.67 bits per heavy atom. The summed E-state index contributed by atoms with van der Waals surface area (Å²) in [5, 5.41) is 22.0. The molecule has 1 aromatic heterocycles. The molecule has 2 aromatic carbocycles. The van der Waals surface area contributed by atoms with Gasteiger partial charge < -0.3 is 11.1 Å². The van der Waals surface area contributed by atoms with Crippen LogP contribution in [0, 0.1) is 29.5 Å². The predicted octanol–water partition coefficient (Wildman–Crippen LogP) is 5.66. The molecule has 11 heteroatoms. The summed E-state index contributed by atoms with van der Waals surface area (Å²) >= 11 is 2.44. The summed E-state index contributed by atoms with van der Waals surface area (Å²) < 4.78 is 15.5. The van der Waals surface area contributed by atoms with E-state index in [4.69, 9.17) is 5.73 Å². The minimum atomic E-state index is -0.909. The van der Waals surface area contributed by atoms with Gasteiger partial charge in [-0.1, -0.05) is 73.3 Å². The molecule has 1 amide bonds. The van der Waals surface area contributed by atoms with Gasteiger partial charge in [0, 0.05) is 28.9 Å². The summed E-state index contributed by atoms with van der Waals surface area (Å²) in [6.07, 6.45) is 0.732. The van der Waals surface area contributed by atoms with Gasteiger partial charge in [0.2, 0.25) is 11.0 Å². The number of nitrogens with zero attached hydrogens (tertiary/aromatic N) is 4. The number of halogens is 1. The number of carbonyl (C=O) groups excluding carboxylic acids is 2. The molecule has 1 aliphatic heterocycles. The zero-order valence-corrected chi connectivity index (χ0v) is 23.8. The van der Waals surface area contributed by atoms with Gasteiger partial charge in [-0.05, 0) is 36.5 Å². The van der Waals surface area contributed by atoms with Gasteiger partial charge in [-0.2, -0.15) is 5.26 Å². The Balaban J connectivity index is 1.48. The number of ketones is 1. The highest BCUT2D eigenvalue weighted by Crippen LogP contribution is 2.51. The van der Waals surface area contributed by atoms with Crippen LogP contribution in [0.5, 0.6) is 0 Å². The van der Waals surface area contributed by atoms with Gasteiger partial charge in [-0.15, -0.1) is 10.2 Å². The van der Waals surface area contributed by atoms with Crippen LogP contribution in [-0.2, 0) is 9.59 Å². The van der Waals surface area contributed by atoms with Gasteiger partial charge in [-0.25, -0.2) is 4.39 Å². The smallest absolute Gasteiger partial charge is 0.234 e. The first-order valence-electron chi connectivity index (χ1n) is 12.6. The normalized spacial score (nSPS) is 18.4. The van der Waals surface area contributed by atoms with Crippen LogP contribution in [0.25, 0.3) is 0 Å².